The molecule has 1 aromatic heterocycles. The van der Waals surface area contributed by atoms with Gasteiger partial charge in [-0.15, -0.1) is 0 Å². The largest absolute Gasteiger partial charge is 0.508 e. The fourth-order valence-electron chi connectivity index (χ4n) is 5.07. The number of aliphatic hydroxyl groups is 1. The van der Waals surface area contributed by atoms with Crippen molar-refractivity contribution in [1.82, 2.24) is 4.90 Å². The second-order valence-corrected chi connectivity index (χ2v) is 6.77. The Hall–Kier alpha value is -1.52. The molecule has 0 spiro atoms. The Morgan fingerprint density at radius 2 is 2.19 bits per heavy atom. The van der Waals surface area contributed by atoms with Gasteiger partial charge in [0.1, 0.15) is 17.1 Å². The first-order chi connectivity index (χ1) is 10.3. The number of furan rings is 1. The van der Waals surface area contributed by atoms with Crippen molar-refractivity contribution < 1.29 is 14.6 Å². The number of aromatic hydroxyl groups is 1. The van der Waals surface area contributed by atoms with Gasteiger partial charge >= 0.3 is 0 Å². The van der Waals surface area contributed by atoms with Crippen molar-refractivity contribution in [3.8, 4) is 5.75 Å². The van der Waals surface area contributed by atoms with Crippen LogP contribution in [-0.2, 0) is 6.42 Å². The zero-order valence-electron chi connectivity index (χ0n) is 11.8. The Labute approximate surface area is 123 Å². The smallest absolute Gasteiger partial charge is 0.134 e. The van der Waals surface area contributed by atoms with Crippen molar-refractivity contribution in [3.63, 3.8) is 0 Å². The normalized spacial score (nSPS) is 34.3. The molecule has 5 rings (SSSR count). The van der Waals surface area contributed by atoms with E-state index in [9.17, 15) is 10.2 Å². The number of piperidine rings is 1. The molecule has 4 nitrogen and oxygen atoms in total. The lowest BCUT2D eigenvalue weighted by atomic mass is 9.91. The first-order valence-electron chi connectivity index (χ1n) is 7.87. The summed E-state index contributed by atoms with van der Waals surface area (Å²) in [7, 11) is 0. The molecule has 3 heterocycles. The summed E-state index contributed by atoms with van der Waals surface area (Å²) < 4.78 is 6.18. The summed E-state index contributed by atoms with van der Waals surface area (Å²) in [6.45, 7) is 1.26. The lowest BCUT2D eigenvalue weighted by Gasteiger charge is -2.36. The number of fused-ring (bicyclic) bond motifs is 5. The maximum atomic E-state index is 9.76. The predicted molar refractivity (Wildman–Crippen MR) is 78.4 cm³/mol. The molecule has 2 aliphatic heterocycles. The molecule has 110 valence electrons. The maximum Gasteiger partial charge on any atom is 0.134 e. The van der Waals surface area contributed by atoms with Gasteiger partial charge in [0.2, 0.25) is 0 Å². The third kappa shape index (κ3) is 1.47. The van der Waals surface area contributed by atoms with Crippen molar-refractivity contribution in [2.45, 2.75) is 37.3 Å². The van der Waals surface area contributed by atoms with Crippen molar-refractivity contribution >= 4 is 11.0 Å². The molecule has 0 amide bonds. The number of hydrogen-bond donors (Lipinski definition) is 2. The molecular weight excluding hydrogens is 266 g/mol. The fourth-order valence-corrected chi connectivity index (χ4v) is 5.07. The molecule has 1 saturated heterocycles. The van der Waals surface area contributed by atoms with Gasteiger partial charge in [-0.2, -0.15) is 0 Å². The Kier molecular flexibility index (Phi) is 2.31. The van der Waals surface area contributed by atoms with Gasteiger partial charge in [0.05, 0.1) is 6.61 Å². The highest BCUT2D eigenvalue weighted by Gasteiger charge is 2.53. The van der Waals surface area contributed by atoms with Crippen LogP contribution in [0.1, 0.15) is 30.1 Å². The zero-order chi connectivity index (χ0) is 14.1. The minimum absolute atomic E-state index is 0.275. The molecule has 21 heavy (non-hydrogen) atoms. The molecular formula is C17H19NO3. The minimum Gasteiger partial charge on any atom is -0.508 e. The van der Waals surface area contributed by atoms with Crippen LogP contribution in [0, 0.1) is 5.92 Å². The molecule has 2 aromatic rings. The van der Waals surface area contributed by atoms with Crippen molar-refractivity contribution in [3.05, 3.63) is 29.5 Å². The number of phenols is 1. The van der Waals surface area contributed by atoms with Crippen molar-refractivity contribution in [2.24, 2.45) is 5.92 Å². The minimum atomic E-state index is 0.275. The van der Waals surface area contributed by atoms with Gasteiger partial charge in [-0.1, -0.05) is 0 Å². The molecule has 1 aliphatic carbocycles. The van der Waals surface area contributed by atoms with Gasteiger partial charge in [0.15, 0.2) is 0 Å². The number of benzene rings is 1. The summed E-state index contributed by atoms with van der Waals surface area (Å²) >= 11 is 0. The molecule has 4 atom stereocenters. The predicted octanol–water partition coefficient (Wildman–Crippen LogP) is 2.23. The van der Waals surface area contributed by atoms with E-state index in [1.165, 1.54) is 12.0 Å². The molecule has 2 N–H and O–H groups in total. The fraction of sp³-hybridized carbons (Fsp3) is 0.529. The number of nitrogens with zero attached hydrogens (tertiary/aromatic N) is 1. The van der Waals surface area contributed by atoms with E-state index >= 15 is 0 Å². The van der Waals surface area contributed by atoms with Crippen LogP contribution in [-0.4, -0.2) is 40.3 Å². The van der Waals surface area contributed by atoms with Crippen LogP contribution < -0.4 is 0 Å². The number of aliphatic hydroxyl groups excluding tert-OH is 1. The summed E-state index contributed by atoms with van der Waals surface area (Å²) in [5.74, 6) is 2.51. The molecule has 4 heteroatoms. The molecule has 1 aromatic carbocycles. The van der Waals surface area contributed by atoms with Crippen LogP contribution in [0.5, 0.6) is 5.75 Å². The Morgan fingerprint density at radius 1 is 1.29 bits per heavy atom. The van der Waals surface area contributed by atoms with E-state index in [2.05, 4.69) is 4.90 Å². The summed E-state index contributed by atoms with van der Waals surface area (Å²) in [6.07, 6.45) is 3.27. The number of phenolic OH excluding ortho intramolecular Hbond substituents is 1. The Balaban J connectivity index is 1.67. The quantitative estimate of drug-likeness (QED) is 0.843. The molecule has 0 radical (unpaired) electrons. The van der Waals surface area contributed by atoms with Gasteiger partial charge in [-0.25, -0.2) is 0 Å². The van der Waals surface area contributed by atoms with E-state index in [0.29, 0.717) is 29.7 Å². The highest BCUT2D eigenvalue weighted by Crippen LogP contribution is 2.53. The van der Waals surface area contributed by atoms with Gasteiger partial charge in [0.25, 0.3) is 0 Å². The SMILES string of the molecule is OCC1[C@H]2CC3[C@@H](C2)c2oc4ccc(O)cc4c2CCN13. The lowest BCUT2D eigenvalue weighted by Crippen LogP contribution is -2.45. The average molecular weight is 285 g/mol. The highest BCUT2D eigenvalue weighted by atomic mass is 16.3. The third-order valence-corrected chi connectivity index (χ3v) is 5.91. The van der Waals surface area contributed by atoms with Crippen LogP contribution in [0.2, 0.25) is 0 Å². The van der Waals surface area contributed by atoms with Crippen LogP contribution in [0.25, 0.3) is 11.0 Å². The molecule has 2 unspecified atom stereocenters. The highest BCUT2D eigenvalue weighted by molar-refractivity contribution is 5.84. The summed E-state index contributed by atoms with van der Waals surface area (Å²) in [5, 5.41) is 20.5. The second kappa shape index (κ2) is 4.02. The van der Waals surface area contributed by atoms with Gasteiger partial charge in [0, 0.05) is 35.5 Å². The zero-order valence-corrected chi connectivity index (χ0v) is 11.8. The molecule has 1 saturated carbocycles. The monoisotopic (exact) mass is 285 g/mol. The number of hydrogen-bond acceptors (Lipinski definition) is 4. The van der Waals surface area contributed by atoms with Crippen molar-refractivity contribution in [2.75, 3.05) is 13.2 Å². The van der Waals surface area contributed by atoms with E-state index in [0.717, 1.165) is 36.1 Å². The van der Waals surface area contributed by atoms with Crippen LogP contribution >= 0.6 is 0 Å². The maximum absolute atomic E-state index is 9.76. The summed E-state index contributed by atoms with van der Waals surface area (Å²) in [6, 6.07) is 6.27. The average Bonchev–Trinajstić information content (AvgIpc) is 3.13. The standard InChI is InChI=1S/C17H19NO3/c19-8-15-9-5-13-14(6-9)18(15)4-3-11-12-7-10(20)1-2-16(12)21-17(11)13/h1-2,7,9,13-15,19-20H,3-6,8H2/t9-,13-,14?,15?/m1/s1. The van der Waals surface area contributed by atoms with Gasteiger partial charge in [-0.05, 0) is 43.4 Å². The molecule has 3 aliphatic rings. The topological polar surface area (TPSA) is 56.8 Å². The van der Waals surface area contributed by atoms with Gasteiger partial charge < -0.3 is 14.6 Å². The van der Waals surface area contributed by atoms with Gasteiger partial charge in [-0.3, -0.25) is 4.90 Å². The van der Waals surface area contributed by atoms with Crippen LogP contribution in [0.4, 0.5) is 0 Å². The summed E-state index contributed by atoms with van der Waals surface area (Å²) in [5.41, 5.74) is 2.17. The van der Waals surface area contributed by atoms with Crippen molar-refractivity contribution in [1.29, 1.82) is 0 Å². The van der Waals surface area contributed by atoms with E-state index in [1.807, 2.05) is 12.1 Å². The third-order valence-electron chi connectivity index (χ3n) is 5.91. The number of rotatable bonds is 1. The second-order valence-electron chi connectivity index (χ2n) is 6.77. The van der Waals surface area contributed by atoms with E-state index in [1.54, 1.807) is 6.07 Å². The van der Waals surface area contributed by atoms with Crippen LogP contribution in [0.3, 0.4) is 0 Å². The molecule has 2 bridgehead atoms. The van der Waals surface area contributed by atoms with Crippen LogP contribution in [0.15, 0.2) is 22.6 Å². The van der Waals surface area contributed by atoms with E-state index in [4.69, 9.17) is 4.42 Å². The first kappa shape index (κ1) is 12.1. The summed E-state index contributed by atoms with van der Waals surface area (Å²) in [4.78, 5) is 2.50. The first-order valence-corrected chi connectivity index (χ1v) is 7.87. The molecule has 2 fully saturated rings. The van der Waals surface area contributed by atoms with E-state index in [-0.39, 0.29) is 6.61 Å². The van der Waals surface area contributed by atoms with E-state index < -0.39 is 0 Å². The Morgan fingerprint density at radius 3 is 3.05 bits per heavy atom. The lowest BCUT2D eigenvalue weighted by molar-refractivity contribution is 0.0757. The Bertz CT molecular complexity index is 722.